The fourth-order valence-electron chi connectivity index (χ4n) is 6.47. The molecule has 0 spiro atoms. The van der Waals surface area contributed by atoms with E-state index in [1.807, 2.05) is 77.7 Å². The van der Waals surface area contributed by atoms with Crippen molar-refractivity contribution >= 4 is 34.1 Å². The number of ether oxygens (including phenoxy) is 1. The number of carbonyl (C=O) groups excluding carboxylic acids is 3. The van der Waals surface area contributed by atoms with Gasteiger partial charge >= 0.3 is 5.97 Å². The summed E-state index contributed by atoms with van der Waals surface area (Å²) in [5, 5.41) is 2.16. The maximum absolute atomic E-state index is 14.3. The monoisotopic (exact) mass is 560 g/mol. The van der Waals surface area contributed by atoms with Crippen molar-refractivity contribution in [3.63, 3.8) is 0 Å². The molecule has 0 aromatic heterocycles. The average molecular weight is 561 g/mol. The summed E-state index contributed by atoms with van der Waals surface area (Å²) in [5.41, 5.74) is 3.23. The van der Waals surface area contributed by atoms with Gasteiger partial charge in [-0.2, -0.15) is 0 Å². The van der Waals surface area contributed by atoms with Crippen molar-refractivity contribution in [2.75, 3.05) is 37.7 Å². The highest BCUT2D eigenvalue weighted by Crippen LogP contribution is 2.32. The molecule has 0 radical (unpaired) electrons. The normalized spacial score (nSPS) is 19.5. The van der Waals surface area contributed by atoms with Crippen LogP contribution < -0.4 is 4.90 Å². The number of Topliss-reactive ketones (excluding diaryl/α,β-unsaturated/α-hetero) is 1. The lowest BCUT2D eigenvalue weighted by Crippen LogP contribution is -2.49. The van der Waals surface area contributed by atoms with E-state index in [0.29, 0.717) is 25.9 Å². The molecular weight excluding hydrogens is 524 g/mol. The second kappa shape index (κ2) is 12.6. The van der Waals surface area contributed by atoms with Crippen molar-refractivity contribution < 1.29 is 19.1 Å². The number of cyclic esters (lactones) is 1. The molecule has 2 fully saturated rings. The number of esters is 1. The Bertz CT molecular complexity index is 1540. The molecule has 0 unspecified atom stereocenters. The Balaban J connectivity index is 1.23. The summed E-state index contributed by atoms with van der Waals surface area (Å²) < 4.78 is 5.46. The van der Waals surface area contributed by atoms with Crippen LogP contribution in [-0.2, 0) is 32.0 Å². The van der Waals surface area contributed by atoms with Crippen molar-refractivity contribution in [2.45, 2.75) is 19.3 Å². The summed E-state index contributed by atoms with van der Waals surface area (Å²) in [7, 11) is 0. The quantitative estimate of drug-likeness (QED) is 0.204. The minimum absolute atomic E-state index is 0.0349. The number of carbonyl (C=O) groups is 3. The SMILES string of the molecule is O=C1OC[C@@H](Cc2ccccc2)[C@H]1C(=O)[C@@H](CC(=O)N1CCN(c2ccccc2)CC1)Cc1cccc2ccccc12. The standard InChI is InChI=1S/C36H36N2O4/c39-33(38-20-18-37(19-21-38)31-15-5-2-6-16-31)24-29(23-28-14-9-13-27-12-7-8-17-32(27)28)35(40)34-30(25-42-36(34)41)22-26-10-3-1-4-11-26/h1-17,29-30,34H,18-25H2/t29-,30-,34+/m1/s1. The molecule has 6 nitrogen and oxygen atoms in total. The van der Waals surface area contributed by atoms with E-state index in [1.165, 1.54) is 0 Å². The number of amides is 1. The van der Waals surface area contributed by atoms with Crippen molar-refractivity contribution in [1.82, 2.24) is 4.90 Å². The van der Waals surface area contributed by atoms with Crippen LogP contribution in [0, 0.1) is 17.8 Å². The molecule has 0 saturated carbocycles. The molecule has 6 rings (SSSR count). The van der Waals surface area contributed by atoms with Crippen molar-refractivity contribution in [1.29, 1.82) is 0 Å². The van der Waals surface area contributed by atoms with Crippen LogP contribution in [0.1, 0.15) is 17.5 Å². The second-order valence-corrected chi connectivity index (χ2v) is 11.4. The minimum Gasteiger partial charge on any atom is -0.465 e. The maximum Gasteiger partial charge on any atom is 0.316 e. The van der Waals surface area contributed by atoms with Gasteiger partial charge in [-0.3, -0.25) is 14.4 Å². The van der Waals surface area contributed by atoms with Gasteiger partial charge in [0.1, 0.15) is 5.92 Å². The fourth-order valence-corrected chi connectivity index (χ4v) is 6.47. The highest BCUT2D eigenvalue weighted by Gasteiger charge is 2.45. The molecule has 0 bridgehead atoms. The van der Waals surface area contributed by atoms with Crippen LogP contribution in [-0.4, -0.2) is 55.3 Å². The first-order valence-electron chi connectivity index (χ1n) is 14.9. The molecule has 4 aromatic rings. The number of hydrogen-bond acceptors (Lipinski definition) is 5. The van der Waals surface area contributed by atoms with E-state index >= 15 is 0 Å². The molecule has 0 N–H and O–H groups in total. The van der Waals surface area contributed by atoms with E-state index in [1.54, 1.807) is 0 Å². The van der Waals surface area contributed by atoms with Crippen LogP contribution in [0.2, 0.25) is 0 Å². The Labute approximate surface area is 246 Å². The van der Waals surface area contributed by atoms with Gasteiger partial charge in [-0.1, -0.05) is 91.0 Å². The van der Waals surface area contributed by atoms with Gasteiger partial charge < -0.3 is 14.5 Å². The van der Waals surface area contributed by atoms with Crippen molar-refractivity contribution in [3.8, 4) is 0 Å². The molecule has 3 atom stereocenters. The molecule has 2 aliphatic rings. The van der Waals surface area contributed by atoms with E-state index in [4.69, 9.17) is 4.74 Å². The van der Waals surface area contributed by atoms with Gasteiger partial charge in [0, 0.05) is 50.1 Å². The molecule has 4 aromatic carbocycles. The first kappa shape index (κ1) is 27.7. The second-order valence-electron chi connectivity index (χ2n) is 11.4. The number of anilines is 1. The van der Waals surface area contributed by atoms with E-state index in [-0.39, 0.29) is 30.6 Å². The number of hydrogen-bond donors (Lipinski definition) is 0. The summed E-state index contributed by atoms with van der Waals surface area (Å²) in [6.45, 7) is 2.91. The highest BCUT2D eigenvalue weighted by molar-refractivity contribution is 6.03. The Hall–Kier alpha value is -4.45. The zero-order chi connectivity index (χ0) is 28.9. The van der Waals surface area contributed by atoms with Gasteiger partial charge in [0.05, 0.1) is 6.61 Å². The predicted molar refractivity (Wildman–Crippen MR) is 164 cm³/mol. The van der Waals surface area contributed by atoms with Crippen molar-refractivity contribution in [2.24, 2.45) is 17.8 Å². The van der Waals surface area contributed by atoms with Crippen LogP contribution >= 0.6 is 0 Å². The van der Waals surface area contributed by atoms with Gasteiger partial charge in [0.25, 0.3) is 0 Å². The van der Waals surface area contributed by atoms with Crippen LogP contribution in [0.3, 0.4) is 0 Å². The number of fused-ring (bicyclic) bond motifs is 1. The number of rotatable bonds is 9. The molecular formula is C36H36N2O4. The van der Waals surface area contributed by atoms with E-state index < -0.39 is 17.8 Å². The summed E-state index contributed by atoms with van der Waals surface area (Å²) >= 11 is 0. The van der Waals surface area contributed by atoms with Gasteiger partial charge in [-0.25, -0.2) is 0 Å². The number of ketones is 1. The molecule has 0 aliphatic carbocycles. The van der Waals surface area contributed by atoms with Crippen LogP contribution in [0.4, 0.5) is 5.69 Å². The van der Waals surface area contributed by atoms with Crippen LogP contribution in [0.25, 0.3) is 10.8 Å². The zero-order valence-corrected chi connectivity index (χ0v) is 23.7. The smallest absolute Gasteiger partial charge is 0.316 e. The number of para-hydroxylation sites is 1. The first-order valence-corrected chi connectivity index (χ1v) is 14.9. The minimum atomic E-state index is -0.868. The Morgan fingerprint density at radius 3 is 2.21 bits per heavy atom. The summed E-state index contributed by atoms with van der Waals surface area (Å²) in [5.74, 6) is -2.41. The Morgan fingerprint density at radius 1 is 0.786 bits per heavy atom. The summed E-state index contributed by atoms with van der Waals surface area (Å²) in [4.78, 5) is 45.1. The lowest BCUT2D eigenvalue weighted by molar-refractivity contribution is -0.147. The molecule has 2 aliphatic heterocycles. The molecule has 2 saturated heterocycles. The number of piperazine rings is 1. The molecule has 2 heterocycles. The number of nitrogens with zero attached hydrogens (tertiary/aromatic N) is 2. The van der Waals surface area contributed by atoms with Crippen LogP contribution in [0.15, 0.2) is 103 Å². The average Bonchev–Trinajstić information content (AvgIpc) is 3.40. The van der Waals surface area contributed by atoms with Gasteiger partial charge in [-0.15, -0.1) is 0 Å². The molecule has 214 valence electrons. The lowest BCUT2D eigenvalue weighted by atomic mass is 9.78. The van der Waals surface area contributed by atoms with Crippen LogP contribution in [0.5, 0.6) is 0 Å². The van der Waals surface area contributed by atoms with Gasteiger partial charge in [-0.05, 0) is 46.9 Å². The Kier molecular flexibility index (Phi) is 8.31. The summed E-state index contributed by atoms with van der Waals surface area (Å²) in [6, 6.07) is 34.3. The fraction of sp³-hybridized carbons (Fsp3) is 0.306. The van der Waals surface area contributed by atoms with Gasteiger partial charge in [0.15, 0.2) is 5.78 Å². The third kappa shape index (κ3) is 6.08. The van der Waals surface area contributed by atoms with E-state index in [2.05, 4.69) is 35.2 Å². The topological polar surface area (TPSA) is 66.9 Å². The Morgan fingerprint density at radius 2 is 1.45 bits per heavy atom. The van der Waals surface area contributed by atoms with Gasteiger partial charge in [0.2, 0.25) is 5.91 Å². The van der Waals surface area contributed by atoms with E-state index in [9.17, 15) is 14.4 Å². The summed E-state index contributed by atoms with van der Waals surface area (Å²) in [6.07, 6.45) is 1.06. The van der Waals surface area contributed by atoms with E-state index in [0.717, 1.165) is 40.7 Å². The first-order chi connectivity index (χ1) is 20.6. The predicted octanol–water partition coefficient (Wildman–Crippen LogP) is 5.34. The molecule has 6 heteroatoms. The van der Waals surface area contributed by atoms with Crippen molar-refractivity contribution in [3.05, 3.63) is 114 Å². The molecule has 1 amide bonds. The highest BCUT2D eigenvalue weighted by atomic mass is 16.5. The third-order valence-electron chi connectivity index (χ3n) is 8.74. The largest absolute Gasteiger partial charge is 0.465 e. The third-order valence-corrected chi connectivity index (χ3v) is 8.74. The maximum atomic E-state index is 14.3. The molecule has 42 heavy (non-hydrogen) atoms. The number of benzene rings is 4. The lowest BCUT2D eigenvalue weighted by Gasteiger charge is -2.36. The zero-order valence-electron chi connectivity index (χ0n) is 23.7.